The summed E-state index contributed by atoms with van der Waals surface area (Å²) in [5, 5.41) is 2.68. The molecule has 6 heteroatoms. The number of halogens is 1. The molecule has 4 nitrogen and oxygen atoms in total. The van der Waals surface area contributed by atoms with Gasteiger partial charge >= 0.3 is 0 Å². The first kappa shape index (κ1) is 16.0. The fourth-order valence-electron chi connectivity index (χ4n) is 3.31. The average molecular weight is 450 g/mol. The number of carbonyl (C=O) groups excluding carboxylic acids is 2. The highest BCUT2D eigenvalue weighted by molar-refractivity contribution is 14.1. The Labute approximate surface area is 158 Å². The van der Waals surface area contributed by atoms with Crippen molar-refractivity contribution in [2.75, 3.05) is 10.2 Å². The number of nitrogens with zero attached hydrogens (tertiary/aromatic N) is 1. The standard InChI is InChI=1S/C18H15IN2O2S/c1-10-3-8-15-14(9-10)18(17(23)20-15)21(16(22)11(2)24-18)13-6-4-12(19)5-7-13/h3-9,11H,1-2H3,(H,20,23)/t11-,18+/m1/s1. The number of amides is 2. The lowest BCUT2D eigenvalue weighted by Gasteiger charge is -2.32. The second-order valence-corrected chi connectivity index (χ2v) is 8.84. The molecule has 1 saturated heterocycles. The molecule has 0 aromatic heterocycles. The third kappa shape index (κ3) is 2.12. The Balaban J connectivity index is 1.95. The van der Waals surface area contributed by atoms with Gasteiger partial charge in [0.25, 0.3) is 5.91 Å². The maximum atomic E-state index is 13.0. The van der Waals surface area contributed by atoms with Crippen molar-refractivity contribution in [1.82, 2.24) is 0 Å². The zero-order valence-electron chi connectivity index (χ0n) is 13.2. The summed E-state index contributed by atoms with van der Waals surface area (Å²) in [5.74, 6) is -0.185. The third-order valence-corrected chi connectivity index (χ3v) is 6.61. The Morgan fingerprint density at radius 3 is 2.58 bits per heavy atom. The van der Waals surface area contributed by atoms with Gasteiger partial charge in [-0.1, -0.05) is 17.7 Å². The van der Waals surface area contributed by atoms with Crippen LogP contribution in [0.2, 0.25) is 0 Å². The molecule has 0 radical (unpaired) electrons. The van der Waals surface area contributed by atoms with Crippen LogP contribution in [0.1, 0.15) is 18.1 Å². The molecule has 2 aromatic carbocycles. The zero-order chi connectivity index (χ0) is 17.1. The first-order valence-electron chi connectivity index (χ1n) is 7.63. The van der Waals surface area contributed by atoms with Crippen LogP contribution < -0.4 is 10.2 Å². The van der Waals surface area contributed by atoms with E-state index < -0.39 is 4.87 Å². The fourth-order valence-corrected chi connectivity index (χ4v) is 5.14. The largest absolute Gasteiger partial charge is 0.323 e. The number of hydrogen-bond donors (Lipinski definition) is 1. The van der Waals surface area contributed by atoms with Gasteiger partial charge in [-0.3, -0.25) is 14.5 Å². The van der Waals surface area contributed by atoms with E-state index >= 15 is 0 Å². The second-order valence-electron chi connectivity index (χ2n) is 6.06. The van der Waals surface area contributed by atoms with Crippen LogP contribution in [0.25, 0.3) is 0 Å². The molecule has 1 spiro atoms. The van der Waals surface area contributed by atoms with E-state index in [2.05, 4.69) is 27.9 Å². The van der Waals surface area contributed by atoms with Crippen molar-refractivity contribution in [3.8, 4) is 0 Å². The van der Waals surface area contributed by atoms with Crippen LogP contribution in [0.5, 0.6) is 0 Å². The van der Waals surface area contributed by atoms with Crippen LogP contribution in [0, 0.1) is 10.5 Å². The fraction of sp³-hybridized carbons (Fsp3) is 0.222. The molecule has 0 saturated carbocycles. The van der Waals surface area contributed by atoms with E-state index in [-0.39, 0.29) is 17.1 Å². The molecule has 2 aliphatic heterocycles. The lowest BCUT2D eigenvalue weighted by Crippen LogP contribution is -2.47. The van der Waals surface area contributed by atoms with Crippen molar-refractivity contribution < 1.29 is 9.59 Å². The summed E-state index contributed by atoms with van der Waals surface area (Å²) in [6.45, 7) is 3.86. The van der Waals surface area contributed by atoms with E-state index in [1.807, 2.05) is 56.3 Å². The van der Waals surface area contributed by atoms with Gasteiger partial charge in [-0.15, -0.1) is 11.8 Å². The van der Waals surface area contributed by atoms with Gasteiger partial charge in [0, 0.05) is 20.5 Å². The van der Waals surface area contributed by atoms with Crippen LogP contribution in [-0.4, -0.2) is 17.1 Å². The predicted molar refractivity (Wildman–Crippen MR) is 105 cm³/mol. The Kier molecular flexibility index (Phi) is 3.65. The van der Waals surface area contributed by atoms with Crippen molar-refractivity contribution in [1.29, 1.82) is 0 Å². The summed E-state index contributed by atoms with van der Waals surface area (Å²) in [6, 6.07) is 13.6. The monoisotopic (exact) mass is 450 g/mol. The van der Waals surface area contributed by atoms with Gasteiger partial charge in [0.15, 0.2) is 0 Å². The van der Waals surface area contributed by atoms with Crippen molar-refractivity contribution in [3.05, 3.63) is 57.2 Å². The first-order chi connectivity index (χ1) is 11.4. The highest BCUT2D eigenvalue weighted by Crippen LogP contribution is 2.56. The van der Waals surface area contributed by atoms with Crippen molar-refractivity contribution >= 4 is 57.5 Å². The molecule has 122 valence electrons. The first-order valence-corrected chi connectivity index (χ1v) is 9.59. The Morgan fingerprint density at radius 1 is 1.17 bits per heavy atom. The molecule has 0 aliphatic carbocycles. The van der Waals surface area contributed by atoms with E-state index in [0.717, 1.165) is 26.1 Å². The van der Waals surface area contributed by atoms with Crippen molar-refractivity contribution in [2.24, 2.45) is 0 Å². The molecular weight excluding hydrogens is 435 g/mol. The van der Waals surface area contributed by atoms with E-state index in [1.165, 1.54) is 11.8 Å². The molecule has 2 heterocycles. The summed E-state index contributed by atoms with van der Waals surface area (Å²) in [6.07, 6.45) is 0. The molecule has 1 N–H and O–H groups in total. The highest BCUT2D eigenvalue weighted by atomic mass is 127. The molecule has 2 aromatic rings. The number of nitrogens with one attached hydrogen (secondary N) is 1. The molecule has 1 fully saturated rings. The van der Waals surface area contributed by atoms with Gasteiger partial charge in [0.05, 0.1) is 5.25 Å². The summed E-state index contributed by atoms with van der Waals surface area (Å²) in [5.41, 5.74) is 3.48. The van der Waals surface area contributed by atoms with Gasteiger partial charge in [0.2, 0.25) is 10.8 Å². The summed E-state index contributed by atoms with van der Waals surface area (Å²) in [7, 11) is 0. The molecule has 2 atom stereocenters. The van der Waals surface area contributed by atoms with E-state index in [4.69, 9.17) is 0 Å². The van der Waals surface area contributed by atoms with E-state index in [1.54, 1.807) is 4.90 Å². The van der Waals surface area contributed by atoms with Gasteiger partial charge in [-0.05, 0) is 66.8 Å². The predicted octanol–water partition coefficient (Wildman–Crippen LogP) is 3.87. The topological polar surface area (TPSA) is 49.4 Å². The second kappa shape index (κ2) is 5.49. The summed E-state index contributed by atoms with van der Waals surface area (Å²) < 4.78 is 1.09. The maximum absolute atomic E-state index is 13.0. The zero-order valence-corrected chi connectivity index (χ0v) is 16.1. The van der Waals surface area contributed by atoms with Gasteiger partial charge in [-0.2, -0.15) is 0 Å². The molecular formula is C18H15IN2O2S. The number of hydrogen-bond acceptors (Lipinski definition) is 3. The van der Waals surface area contributed by atoms with Crippen LogP contribution in [0.3, 0.4) is 0 Å². The minimum atomic E-state index is -1.02. The molecule has 2 aliphatic rings. The van der Waals surface area contributed by atoms with Gasteiger partial charge < -0.3 is 5.32 Å². The Hall–Kier alpha value is -1.54. The number of thioether (sulfide) groups is 1. The lowest BCUT2D eigenvalue weighted by molar-refractivity contribution is -0.122. The van der Waals surface area contributed by atoms with Crippen LogP contribution >= 0.6 is 34.4 Å². The molecule has 0 bridgehead atoms. The van der Waals surface area contributed by atoms with E-state index in [9.17, 15) is 9.59 Å². The third-order valence-electron chi connectivity index (χ3n) is 4.41. The van der Waals surface area contributed by atoms with Crippen molar-refractivity contribution in [2.45, 2.75) is 24.0 Å². The van der Waals surface area contributed by atoms with Crippen LogP contribution in [-0.2, 0) is 14.5 Å². The summed E-state index contributed by atoms with van der Waals surface area (Å²) in [4.78, 5) is 26.5. The smallest absolute Gasteiger partial charge is 0.266 e. The molecule has 0 unspecified atom stereocenters. The minimum absolute atomic E-state index is 0.0364. The summed E-state index contributed by atoms with van der Waals surface area (Å²) >= 11 is 3.64. The SMILES string of the molecule is Cc1ccc2c(c1)[C@]1(S[C@H](C)C(=O)N1c1ccc(I)cc1)C(=O)N2. The molecule has 4 rings (SSSR count). The van der Waals surface area contributed by atoms with Crippen molar-refractivity contribution in [3.63, 3.8) is 0 Å². The number of rotatable bonds is 1. The minimum Gasteiger partial charge on any atom is -0.323 e. The Morgan fingerprint density at radius 2 is 1.88 bits per heavy atom. The number of benzene rings is 2. The Bertz CT molecular complexity index is 868. The molecule has 2 amide bonds. The van der Waals surface area contributed by atoms with Crippen LogP contribution in [0.4, 0.5) is 11.4 Å². The highest BCUT2D eigenvalue weighted by Gasteiger charge is 2.60. The number of anilines is 2. The van der Waals surface area contributed by atoms with Crippen LogP contribution in [0.15, 0.2) is 42.5 Å². The lowest BCUT2D eigenvalue weighted by atomic mass is 10.0. The average Bonchev–Trinajstić information content (AvgIpc) is 2.97. The number of aryl methyl sites for hydroxylation is 1. The van der Waals surface area contributed by atoms with Gasteiger partial charge in [-0.25, -0.2) is 0 Å². The number of carbonyl (C=O) groups is 2. The number of fused-ring (bicyclic) bond motifs is 2. The van der Waals surface area contributed by atoms with E-state index in [0.29, 0.717) is 0 Å². The van der Waals surface area contributed by atoms with Gasteiger partial charge in [0.1, 0.15) is 0 Å². The molecule has 24 heavy (non-hydrogen) atoms. The normalized spacial score (nSPS) is 25.3. The maximum Gasteiger partial charge on any atom is 0.266 e. The quantitative estimate of drug-likeness (QED) is 0.672.